The molecule has 0 bridgehead atoms. The standard InChI is InChI=1S/C16H18N4O3S2/c17-15-18-19-16(25-15)24-9-14(21)20-5-1-2-11(20)10-3-4-12-13(8-10)23-7-6-22-12/h3-4,8,11H,1-2,5-7,9H2,(H2,17,18)/t11-/m0/s1. The molecule has 2 aromatic rings. The molecule has 0 spiro atoms. The summed E-state index contributed by atoms with van der Waals surface area (Å²) < 4.78 is 12.0. The van der Waals surface area contributed by atoms with Crippen molar-refractivity contribution < 1.29 is 14.3 Å². The number of ether oxygens (including phenoxy) is 2. The van der Waals surface area contributed by atoms with Crippen molar-refractivity contribution in [1.29, 1.82) is 0 Å². The summed E-state index contributed by atoms with van der Waals surface area (Å²) in [5.41, 5.74) is 6.67. The lowest BCUT2D eigenvalue weighted by Gasteiger charge is -2.26. The van der Waals surface area contributed by atoms with Crippen molar-refractivity contribution in [3.63, 3.8) is 0 Å². The second-order valence-corrected chi connectivity index (χ2v) is 8.07. The summed E-state index contributed by atoms with van der Waals surface area (Å²) in [5, 5.41) is 8.14. The normalized spacial score (nSPS) is 19.2. The highest BCUT2D eigenvalue weighted by Crippen LogP contribution is 2.38. The molecule has 9 heteroatoms. The van der Waals surface area contributed by atoms with E-state index in [0.29, 0.717) is 24.1 Å². The molecule has 0 aliphatic carbocycles. The Hall–Kier alpha value is -2.00. The summed E-state index contributed by atoms with van der Waals surface area (Å²) in [7, 11) is 0. The Morgan fingerprint density at radius 2 is 2.16 bits per heavy atom. The first-order chi connectivity index (χ1) is 12.2. The monoisotopic (exact) mass is 378 g/mol. The van der Waals surface area contributed by atoms with Crippen LogP contribution in [0.15, 0.2) is 22.5 Å². The molecule has 1 fully saturated rings. The molecule has 1 saturated heterocycles. The van der Waals surface area contributed by atoms with Crippen LogP contribution in [0, 0.1) is 0 Å². The van der Waals surface area contributed by atoms with E-state index in [-0.39, 0.29) is 11.9 Å². The van der Waals surface area contributed by atoms with Gasteiger partial charge in [0.15, 0.2) is 15.8 Å². The topological polar surface area (TPSA) is 90.6 Å². The number of amides is 1. The second-order valence-electron chi connectivity index (χ2n) is 5.84. The third-order valence-electron chi connectivity index (χ3n) is 4.27. The second kappa shape index (κ2) is 7.09. The van der Waals surface area contributed by atoms with E-state index >= 15 is 0 Å². The Labute approximate surface area is 153 Å². The van der Waals surface area contributed by atoms with Crippen LogP contribution in [0.5, 0.6) is 11.5 Å². The van der Waals surface area contributed by atoms with E-state index in [0.717, 1.165) is 40.8 Å². The third kappa shape index (κ3) is 3.52. The van der Waals surface area contributed by atoms with Gasteiger partial charge in [0, 0.05) is 6.54 Å². The Morgan fingerprint density at radius 3 is 2.96 bits per heavy atom. The molecule has 25 heavy (non-hydrogen) atoms. The maximum absolute atomic E-state index is 12.7. The lowest BCUT2D eigenvalue weighted by atomic mass is 10.0. The number of benzene rings is 1. The zero-order chi connectivity index (χ0) is 17.2. The quantitative estimate of drug-likeness (QED) is 0.817. The summed E-state index contributed by atoms with van der Waals surface area (Å²) in [6.45, 7) is 1.91. The van der Waals surface area contributed by atoms with Crippen molar-refractivity contribution in [1.82, 2.24) is 15.1 Å². The minimum Gasteiger partial charge on any atom is -0.486 e. The minimum atomic E-state index is 0.0865. The third-order valence-corrected chi connectivity index (χ3v) is 6.14. The van der Waals surface area contributed by atoms with Crippen LogP contribution in [0.2, 0.25) is 0 Å². The summed E-state index contributed by atoms with van der Waals surface area (Å²) in [6.07, 6.45) is 1.96. The van der Waals surface area contributed by atoms with Gasteiger partial charge >= 0.3 is 0 Å². The van der Waals surface area contributed by atoms with Crippen LogP contribution in [-0.2, 0) is 4.79 Å². The van der Waals surface area contributed by atoms with Crippen molar-refractivity contribution in [2.24, 2.45) is 0 Å². The lowest BCUT2D eigenvalue weighted by Crippen LogP contribution is -2.32. The summed E-state index contributed by atoms with van der Waals surface area (Å²) >= 11 is 2.69. The smallest absolute Gasteiger partial charge is 0.233 e. The number of fused-ring (bicyclic) bond motifs is 1. The fraction of sp³-hybridized carbons (Fsp3) is 0.438. The van der Waals surface area contributed by atoms with Gasteiger partial charge in [-0.15, -0.1) is 10.2 Å². The van der Waals surface area contributed by atoms with Crippen molar-refractivity contribution in [3.05, 3.63) is 23.8 Å². The minimum absolute atomic E-state index is 0.0865. The van der Waals surface area contributed by atoms with Gasteiger partial charge < -0.3 is 20.1 Å². The van der Waals surface area contributed by atoms with E-state index in [1.165, 1.54) is 23.1 Å². The average Bonchev–Trinajstić information content (AvgIpc) is 3.28. The highest BCUT2D eigenvalue weighted by Gasteiger charge is 2.30. The van der Waals surface area contributed by atoms with E-state index in [1.807, 2.05) is 23.1 Å². The van der Waals surface area contributed by atoms with Gasteiger partial charge in [0.25, 0.3) is 0 Å². The average molecular weight is 378 g/mol. The molecule has 1 aromatic carbocycles. The number of thioether (sulfide) groups is 1. The van der Waals surface area contributed by atoms with Gasteiger partial charge in [0.1, 0.15) is 13.2 Å². The largest absolute Gasteiger partial charge is 0.486 e. The van der Waals surface area contributed by atoms with Crippen molar-refractivity contribution in [2.45, 2.75) is 23.2 Å². The van der Waals surface area contributed by atoms with Crippen LogP contribution in [0.3, 0.4) is 0 Å². The first-order valence-electron chi connectivity index (χ1n) is 8.11. The fourth-order valence-corrected chi connectivity index (χ4v) is 4.69. The fourth-order valence-electron chi connectivity index (χ4n) is 3.16. The van der Waals surface area contributed by atoms with E-state index in [2.05, 4.69) is 10.2 Å². The van der Waals surface area contributed by atoms with E-state index < -0.39 is 0 Å². The Morgan fingerprint density at radius 1 is 1.32 bits per heavy atom. The van der Waals surface area contributed by atoms with Crippen LogP contribution in [0.4, 0.5) is 5.13 Å². The molecule has 1 aromatic heterocycles. The van der Waals surface area contributed by atoms with Gasteiger partial charge in [-0.3, -0.25) is 4.79 Å². The maximum atomic E-state index is 12.7. The molecule has 132 valence electrons. The van der Waals surface area contributed by atoms with Crippen molar-refractivity contribution >= 4 is 34.1 Å². The number of rotatable bonds is 4. The molecular weight excluding hydrogens is 360 g/mol. The maximum Gasteiger partial charge on any atom is 0.233 e. The first kappa shape index (κ1) is 16.5. The van der Waals surface area contributed by atoms with Gasteiger partial charge in [-0.2, -0.15) is 0 Å². The molecule has 2 aliphatic rings. The number of nitrogen functional groups attached to an aromatic ring is 1. The molecule has 4 rings (SSSR count). The van der Waals surface area contributed by atoms with Gasteiger partial charge in [-0.05, 0) is 30.5 Å². The molecule has 7 nitrogen and oxygen atoms in total. The number of hydrogen-bond donors (Lipinski definition) is 1. The number of hydrogen-bond acceptors (Lipinski definition) is 8. The number of aromatic nitrogens is 2. The van der Waals surface area contributed by atoms with Crippen LogP contribution in [0.1, 0.15) is 24.4 Å². The number of anilines is 1. The van der Waals surface area contributed by atoms with Crippen LogP contribution in [-0.4, -0.2) is 46.5 Å². The van der Waals surface area contributed by atoms with E-state index in [4.69, 9.17) is 15.2 Å². The summed E-state index contributed by atoms with van der Waals surface area (Å²) in [4.78, 5) is 14.6. The van der Waals surface area contributed by atoms with Crippen LogP contribution >= 0.6 is 23.1 Å². The van der Waals surface area contributed by atoms with E-state index in [1.54, 1.807) is 0 Å². The molecule has 2 N–H and O–H groups in total. The zero-order valence-electron chi connectivity index (χ0n) is 13.5. The van der Waals surface area contributed by atoms with Gasteiger partial charge in [-0.1, -0.05) is 29.2 Å². The molecule has 0 radical (unpaired) electrons. The molecule has 1 amide bonds. The number of nitrogens with zero attached hydrogens (tertiary/aromatic N) is 3. The van der Waals surface area contributed by atoms with E-state index in [9.17, 15) is 4.79 Å². The Kier molecular flexibility index (Phi) is 4.67. The van der Waals surface area contributed by atoms with Crippen molar-refractivity contribution in [2.75, 3.05) is 31.2 Å². The highest BCUT2D eigenvalue weighted by atomic mass is 32.2. The Balaban J connectivity index is 1.45. The van der Waals surface area contributed by atoms with Gasteiger partial charge in [0.05, 0.1) is 11.8 Å². The highest BCUT2D eigenvalue weighted by molar-refractivity contribution is 8.01. The molecule has 0 saturated carbocycles. The summed E-state index contributed by atoms with van der Waals surface area (Å²) in [5.74, 6) is 1.99. The summed E-state index contributed by atoms with van der Waals surface area (Å²) in [6, 6.07) is 6.05. The number of likely N-dealkylation sites (tertiary alicyclic amines) is 1. The van der Waals surface area contributed by atoms with Crippen LogP contribution < -0.4 is 15.2 Å². The number of carbonyl (C=O) groups excluding carboxylic acids is 1. The molecule has 1 atom stereocenters. The van der Waals surface area contributed by atoms with Crippen molar-refractivity contribution in [3.8, 4) is 11.5 Å². The van der Waals surface area contributed by atoms with Gasteiger partial charge in [-0.25, -0.2) is 0 Å². The number of nitrogens with two attached hydrogens (primary N) is 1. The van der Waals surface area contributed by atoms with Gasteiger partial charge in [0.2, 0.25) is 11.0 Å². The SMILES string of the molecule is Nc1nnc(SCC(=O)N2CCC[C@H]2c2ccc3c(c2)OCCO3)s1. The zero-order valence-corrected chi connectivity index (χ0v) is 15.1. The molecular formula is C16H18N4O3S2. The molecule has 3 heterocycles. The lowest BCUT2D eigenvalue weighted by molar-refractivity contribution is -0.129. The predicted octanol–water partition coefficient (Wildman–Crippen LogP) is 2.35. The first-order valence-corrected chi connectivity index (χ1v) is 9.92. The molecule has 0 unspecified atom stereocenters. The number of carbonyl (C=O) groups is 1. The Bertz CT molecular complexity index is 782. The molecule has 2 aliphatic heterocycles. The predicted molar refractivity (Wildman–Crippen MR) is 96.2 cm³/mol. The van der Waals surface area contributed by atoms with Crippen LogP contribution in [0.25, 0.3) is 0 Å².